The van der Waals surface area contributed by atoms with Crippen molar-refractivity contribution in [1.82, 2.24) is 9.97 Å². The largest absolute Gasteiger partial charge is 0.493 e. The molecule has 0 radical (unpaired) electrons. The minimum atomic E-state index is 0.296. The fourth-order valence-electron chi connectivity index (χ4n) is 2.80. The lowest BCUT2D eigenvalue weighted by molar-refractivity contribution is 0.173. The first-order valence-corrected chi connectivity index (χ1v) is 6.92. The van der Waals surface area contributed by atoms with Crippen LogP contribution in [-0.2, 0) is 12.8 Å². The second kappa shape index (κ2) is 4.74. The van der Waals surface area contributed by atoms with Crippen LogP contribution >= 0.6 is 0 Å². The average molecular weight is 272 g/mol. The van der Waals surface area contributed by atoms with Crippen molar-refractivity contribution in [3.8, 4) is 17.2 Å². The summed E-state index contributed by atoms with van der Waals surface area (Å²) in [6, 6.07) is 5.72. The van der Waals surface area contributed by atoms with Crippen molar-refractivity contribution in [3.05, 3.63) is 35.9 Å². The third-order valence-electron chi connectivity index (χ3n) is 3.92. The maximum atomic E-state index is 5.89. The molecular weight excluding hydrogens is 256 g/mol. The monoisotopic (exact) mass is 272 g/mol. The molecule has 1 aromatic carbocycles. The second-order valence-corrected chi connectivity index (χ2v) is 5.26. The van der Waals surface area contributed by atoms with Gasteiger partial charge in [-0.25, -0.2) is 4.98 Å². The maximum absolute atomic E-state index is 5.89. The lowest BCUT2D eigenvalue weighted by Crippen LogP contribution is -2.20. The first-order chi connectivity index (χ1) is 9.88. The number of rotatable bonds is 3. The molecule has 1 N–H and O–H groups in total. The first-order valence-electron chi connectivity index (χ1n) is 6.92. The van der Waals surface area contributed by atoms with Crippen molar-refractivity contribution in [2.24, 2.45) is 5.92 Å². The molecule has 0 bridgehead atoms. The van der Waals surface area contributed by atoms with Gasteiger partial charge in [0.1, 0.15) is 5.75 Å². The highest BCUT2D eigenvalue weighted by Crippen LogP contribution is 2.35. The molecule has 4 rings (SSSR count). The number of hydrogen-bond acceptors (Lipinski definition) is 4. The normalized spacial score (nSPS) is 19.7. The molecule has 2 heterocycles. The predicted octanol–water partition coefficient (Wildman–Crippen LogP) is 2.32. The van der Waals surface area contributed by atoms with E-state index in [1.165, 1.54) is 11.4 Å². The molecule has 0 spiro atoms. The average Bonchev–Trinajstić information content (AvgIpc) is 3.12. The Bertz CT molecular complexity index is 623. The fraction of sp³-hybridized carbons (Fsp3) is 0.400. The summed E-state index contributed by atoms with van der Waals surface area (Å²) in [4.78, 5) is 7.54. The van der Waals surface area contributed by atoms with Crippen molar-refractivity contribution in [3.63, 3.8) is 0 Å². The number of ether oxygens (including phenoxy) is 3. The Morgan fingerprint density at radius 3 is 3.25 bits per heavy atom. The van der Waals surface area contributed by atoms with Crippen LogP contribution in [0, 0.1) is 5.92 Å². The number of nitrogens with zero attached hydrogens (tertiary/aromatic N) is 1. The van der Waals surface area contributed by atoms with Gasteiger partial charge < -0.3 is 19.2 Å². The number of aryl methyl sites for hydroxylation is 1. The number of hydrogen-bond donors (Lipinski definition) is 1. The van der Waals surface area contributed by atoms with E-state index >= 15 is 0 Å². The van der Waals surface area contributed by atoms with E-state index in [-0.39, 0.29) is 0 Å². The molecule has 2 aliphatic rings. The summed E-state index contributed by atoms with van der Waals surface area (Å²) < 4.78 is 16.5. The highest BCUT2D eigenvalue weighted by Gasteiger charge is 2.21. The van der Waals surface area contributed by atoms with Gasteiger partial charge in [-0.3, -0.25) is 0 Å². The van der Waals surface area contributed by atoms with Crippen LogP contribution in [0.15, 0.2) is 24.5 Å². The molecule has 5 heteroatoms. The predicted molar refractivity (Wildman–Crippen MR) is 72.2 cm³/mol. The van der Waals surface area contributed by atoms with Gasteiger partial charge in [0.2, 0.25) is 6.79 Å². The molecule has 1 aromatic heterocycles. The molecule has 0 saturated carbocycles. The Hall–Kier alpha value is -2.17. The van der Waals surface area contributed by atoms with Crippen LogP contribution in [0.5, 0.6) is 17.2 Å². The SMILES string of the molecule is c1nc2c([nH]1)CC(COc1ccc3c(c1)OCO3)CC2. The minimum Gasteiger partial charge on any atom is -0.493 e. The molecule has 20 heavy (non-hydrogen) atoms. The molecule has 1 atom stereocenters. The maximum Gasteiger partial charge on any atom is 0.231 e. The van der Waals surface area contributed by atoms with Crippen LogP contribution in [-0.4, -0.2) is 23.4 Å². The number of fused-ring (bicyclic) bond motifs is 2. The van der Waals surface area contributed by atoms with Gasteiger partial charge in [-0.1, -0.05) is 0 Å². The lowest BCUT2D eigenvalue weighted by Gasteiger charge is -2.21. The van der Waals surface area contributed by atoms with E-state index in [0.29, 0.717) is 12.7 Å². The van der Waals surface area contributed by atoms with Gasteiger partial charge in [-0.2, -0.15) is 0 Å². The van der Waals surface area contributed by atoms with Gasteiger partial charge >= 0.3 is 0 Å². The second-order valence-electron chi connectivity index (χ2n) is 5.26. The zero-order chi connectivity index (χ0) is 13.4. The fourth-order valence-corrected chi connectivity index (χ4v) is 2.80. The van der Waals surface area contributed by atoms with Gasteiger partial charge in [0, 0.05) is 11.8 Å². The van der Waals surface area contributed by atoms with Crippen LogP contribution in [0.3, 0.4) is 0 Å². The number of imidazole rings is 1. The topological polar surface area (TPSA) is 56.4 Å². The number of benzene rings is 1. The quantitative estimate of drug-likeness (QED) is 0.931. The zero-order valence-corrected chi connectivity index (χ0v) is 11.1. The van der Waals surface area contributed by atoms with Gasteiger partial charge in [0.15, 0.2) is 11.5 Å². The standard InChI is InChI=1S/C15H16N2O3/c1-3-12-13(17-8-16-12)5-10(1)7-18-11-2-4-14-15(6-11)20-9-19-14/h2,4,6,8,10H,1,3,5,7,9H2,(H,16,17). The van der Waals surface area contributed by atoms with Crippen molar-refractivity contribution < 1.29 is 14.2 Å². The first kappa shape index (κ1) is 11.6. The van der Waals surface area contributed by atoms with Gasteiger partial charge in [0.25, 0.3) is 0 Å². The molecule has 1 aliphatic carbocycles. The van der Waals surface area contributed by atoms with E-state index in [4.69, 9.17) is 14.2 Å². The van der Waals surface area contributed by atoms with E-state index in [1.807, 2.05) is 18.2 Å². The summed E-state index contributed by atoms with van der Waals surface area (Å²) in [6.45, 7) is 1.02. The number of aromatic nitrogens is 2. The number of nitrogens with one attached hydrogen (secondary N) is 1. The van der Waals surface area contributed by atoms with Gasteiger partial charge in [-0.15, -0.1) is 0 Å². The van der Waals surface area contributed by atoms with Crippen LogP contribution < -0.4 is 14.2 Å². The van der Waals surface area contributed by atoms with Gasteiger partial charge in [0.05, 0.1) is 18.6 Å². The molecular formula is C15H16N2O3. The van der Waals surface area contributed by atoms with E-state index in [2.05, 4.69) is 9.97 Å². The Morgan fingerprint density at radius 2 is 2.25 bits per heavy atom. The Kier molecular flexibility index (Phi) is 2.76. The summed E-state index contributed by atoms with van der Waals surface area (Å²) in [5, 5.41) is 0. The molecule has 5 nitrogen and oxygen atoms in total. The number of H-pyrrole nitrogens is 1. The van der Waals surface area contributed by atoms with Crippen LogP contribution in [0.1, 0.15) is 17.8 Å². The summed E-state index contributed by atoms with van der Waals surface area (Å²) in [5.74, 6) is 2.93. The number of aromatic amines is 1. The summed E-state index contributed by atoms with van der Waals surface area (Å²) in [7, 11) is 0. The highest BCUT2D eigenvalue weighted by molar-refractivity contribution is 5.46. The summed E-state index contributed by atoms with van der Waals surface area (Å²) in [5.41, 5.74) is 2.47. The van der Waals surface area contributed by atoms with Crippen molar-refractivity contribution in [2.45, 2.75) is 19.3 Å². The Labute approximate surface area is 116 Å². The molecule has 1 unspecified atom stereocenters. The van der Waals surface area contributed by atoms with E-state index in [1.54, 1.807) is 6.33 Å². The summed E-state index contributed by atoms with van der Waals surface area (Å²) in [6.07, 6.45) is 4.96. The van der Waals surface area contributed by atoms with Crippen LogP contribution in [0.2, 0.25) is 0 Å². The molecule has 0 fully saturated rings. The molecule has 104 valence electrons. The minimum absolute atomic E-state index is 0.296. The molecule has 1 aliphatic heterocycles. The van der Waals surface area contributed by atoms with Crippen LogP contribution in [0.25, 0.3) is 0 Å². The van der Waals surface area contributed by atoms with Gasteiger partial charge in [-0.05, 0) is 37.3 Å². The highest BCUT2D eigenvalue weighted by atomic mass is 16.7. The van der Waals surface area contributed by atoms with Crippen molar-refractivity contribution in [1.29, 1.82) is 0 Å². The molecule has 0 saturated heterocycles. The lowest BCUT2D eigenvalue weighted by atomic mass is 9.90. The van der Waals surface area contributed by atoms with E-state index in [0.717, 1.165) is 43.1 Å². The smallest absolute Gasteiger partial charge is 0.231 e. The zero-order valence-electron chi connectivity index (χ0n) is 11.1. The van der Waals surface area contributed by atoms with Crippen LogP contribution in [0.4, 0.5) is 0 Å². The third kappa shape index (κ3) is 2.09. The van der Waals surface area contributed by atoms with Crippen molar-refractivity contribution in [2.75, 3.05) is 13.4 Å². The van der Waals surface area contributed by atoms with E-state index < -0.39 is 0 Å². The molecule has 2 aromatic rings. The Balaban J connectivity index is 1.39. The van der Waals surface area contributed by atoms with Crippen molar-refractivity contribution >= 4 is 0 Å². The summed E-state index contributed by atoms with van der Waals surface area (Å²) >= 11 is 0. The molecule has 0 amide bonds. The van der Waals surface area contributed by atoms with E-state index in [9.17, 15) is 0 Å². The Morgan fingerprint density at radius 1 is 1.30 bits per heavy atom. The third-order valence-corrected chi connectivity index (χ3v) is 3.92.